The third kappa shape index (κ3) is 5.98. The molecule has 2 aromatic rings. The number of fused-ring (bicyclic) bond motifs is 1. The highest BCUT2D eigenvalue weighted by molar-refractivity contribution is 5.94. The molecule has 0 bridgehead atoms. The molecule has 1 heterocycles. The zero-order valence-electron chi connectivity index (χ0n) is 16.9. The van der Waals surface area contributed by atoms with Crippen LogP contribution in [0.2, 0.25) is 0 Å². The van der Waals surface area contributed by atoms with Gasteiger partial charge in [0.1, 0.15) is 5.75 Å². The Morgan fingerprint density at radius 3 is 2.21 bits per heavy atom. The largest absolute Gasteiger partial charge is 0.497 e. The quantitative estimate of drug-likeness (QED) is 0.636. The Balaban J connectivity index is 1.23. The van der Waals surface area contributed by atoms with Crippen molar-refractivity contribution in [1.82, 2.24) is 15.5 Å². The average Bonchev–Trinajstić information content (AvgIpc) is 3.19. The molecule has 1 aliphatic heterocycles. The van der Waals surface area contributed by atoms with Crippen molar-refractivity contribution >= 4 is 11.9 Å². The van der Waals surface area contributed by atoms with E-state index in [4.69, 9.17) is 4.74 Å². The minimum atomic E-state index is -0.0808. The fraction of sp³-hybridized carbons (Fsp3) is 0.391. The molecule has 154 valence electrons. The molecule has 1 aliphatic rings. The molecule has 29 heavy (non-hydrogen) atoms. The van der Waals surface area contributed by atoms with Crippen LogP contribution in [0.1, 0.15) is 47.2 Å². The molecular weight excluding hydrogens is 366 g/mol. The number of unbranched alkanes of at least 4 members (excludes halogenated alkanes) is 3. The first-order valence-electron chi connectivity index (χ1n) is 10.2. The van der Waals surface area contributed by atoms with Gasteiger partial charge in [-0.2, -0.15) is 0 Å². The molecular formula is C23H29N3O3. The predicted octanol–water partition coefficient (Wildman–Crippen LogP) is 3.71. The molecule has 2 aromatic carbocycles. The molecule has 0 radical (unpaired) electrons. The van der Waals surface area contributed by atoms with Gasteiger partial charge < -0.3 is 20.3 Å². The van der Waals surface area contributed by atoms with Crippen LogP contribution in [0, 0.1) is 0 Å². The molecule has 6 nitrogen and oxygen atoms in total. The summed E-state index contributed by atoms with van der Waals surface area (Å²) >= 11 is 0. The Kier molecular flexibility index (Phi) is 7.50. The van der Waals surface area contributed by atoms with Crippen molar-refractivity contribution in [3.8, 4) is 5.75 Å². The Morgan fingerprint density at radius 2 is 1.55 bits per heavy atom. The average molecular weight is 396 g/mol. The first-order valence-corrected chi connectivity index (χ1v) is 10.2. The lowest BCUT2D eigenvalue weighted by Crippen LogP contribution is -2.36. The van der Waals surface area contributed by atoms with Gasteiger partial charge in [-0.05, 0) is 42.2 Å². The van der Waals surface area contributed by atoms with E-state index in [2.05, 4.69) is 22.8 Å². The molecule has 2 N–H and O–H groups in total. The van der Waals surface area contributed by atoms with Gasteiger partial charge in [-0.15, -0.1) is 0 Å². The summed E-state index contributed by atoms with van der Waals surface area (Å²) in [6.45, 7) is 2.71. The number of hydrogen-bond acceptors (Lipinski definition) is 3. The van der Waals surface area contributed by atoms with Crippen molar-refractivity contribution in [2.75, 3.05) is 20.2 Å². The van der Waals surface area contributed by atoms with Crippen LogP contribution in [0.25, 0.3) is 0 Å². The Hall–Kier alpha value is -3.02. The normalized spacial score (nSPS) is 12.4. The lowest BCUT2D eigenvalue weighted by molar-refractivity contribution is 0.0952. The van der Waals surface area contributed by atoms with Crippen molar-refractivity contribution in [2.45, 2.75) is 38.8 Å². The molecule has 0 aromatic heterocycles. The maximum absolute atomic E-state index is 12.3. The van der Waals surface area contributed by atoms with E-state index in [1.807, 2.05) is 29.2 Å². The first-order chi connectivity index (χ1) is 14.2. The summed E-state index contributed by atoms with van der Waals surface area (Å²) in [6, 6.07) is 15.3. The second kappa shape index (κ2) is 10.5. The second-order valence-corrected chi connectivity index (χ2v) is 7.26. The van der Waals surface area contributed by atoms with E-state index in [1.165, 1.54) is 11.1 Å². The van der Waals surface area contributed by atoms with Crippen molar-refractivity contribution in [3.63, 3.8) is 0 Å². The highest BCUT2D eigenvalue weighted by atomic mass is 16.5. The molecule has 0 saturated carbocycles. The van der Waals surface area contributed by atoms with Crippen molar-refractivity contribution in [3.05, 3.63) is 65.2 Å². The summed E-state index contributed by atoms with van der Waals surface area (Å²) in [4.78, 5) is 26.2. The van der Waals surface area contributed by atoms with Crippen LogP contribution in [-0.4, -0.2) is 37.0 Å². The second-order valence-electron chi connectivity index (χ2n) is 7.26. The fourth-order valence-corrected chi connectivity index (χ4v) is 3.46. The van der Waals surface area contributed by atoms with Gasteiger partial charge in [0.05, 0.1) is 7.11 Å². The van der Waals surface area contributed by atoms with Gasteiger partial charge in [-0.3, -0.25) is 4.79 Å². The van der Waals surface area contributed by atoms with Gasteiger partial charge in [-0.25, -0.2) is 4.79 Å². The summed E-state index contributed by atoms with van der Waals surface area (Å²) in [5, 5.41) is 5.94. The number of carbonyl (C=O) groups excluding carboxylic acids is 2. The highest BCUT2D eigenvalue weighted by Gasteiger charge is 2.22. The summed E-state index contributed by atoms with van der Waals surface area (Å²) in [5.74, 6) is 0.597. The van der Waals surface area contributed by atoms with Crippen LogP contribution in [0.15, 0.2) is 48.5 Å². The minimum absolute atomic E-state index is 0.00625. The first kappa shape index (κ1) is 20.7. The Labute approximate surface area is 172 Å². The number of benzene rings is 2. The van der Waals surface area contributed by atoms with E-state index < -0.39 is 0 Å². The summed E-state index contributed by atoms with van der Waals surface area (Å²) in [7, 11) is 1.59. The van der Waals surface area contributed by atoms with Crippen molar-refractivity contribution in [1.29, 1.82) is 0 Å². The van der Waals surface area contributed by atoms with Gasteiger partial charge in [0, 0.05) is 31.7 Å². The summed E-state index contributed by atoms with van der Waals surface area (Å²) < 4.78 is 5.14. The molecule has 0 spiro atoms. The predicted molar refractivity (Wildman–Crippen MR) is 113 cm³/mol. The SMILES string of the molecule is COc1cccc(C(=O)NCCCCCCNC(=O)N2Cc3ccccc3C2)c1. The van der Waals surface area contributed by atoms with Gasteiger partial charge in [0.25, 0.3) is 5.91 Å². The van der Waals surface area contributed by atoms with E-state index >= 15 is 0 Å². The van der Waals surface area contributed by atoms with E-state index in [1.54, 1.807) is 19.2 Å². The molecule has 0 saturated heterocycles. The number of nitrogens with zero attached hydrogens (tertiary/aromatic N) is 1. The Morgan fingerprint density at radius 1 is 0.897 bits per heavy atom. The van der Waals surface area contributed by atoms with Crippen LogP contribution in [0.5, 0.6) is 5.75 Å². The number of rotatable bonds is 9. The van der Waals surface area contributed by atoms with Crippen LogP contribution >= 0.6 is 0 Å². The molecule has 0 aliphatic carbocycles. The van der Waals surface area contributed by atoms with E-state index in [0.717, 1.165) is 25.7 Å². The van der Waals surface area contributed by atoms with Gasteiger partial charge in [0.15, 0.2) is 0 Å². The monoisotopic (exact) mass is 395 g/mol. The number of ether oxygens (including phenoxy) is 1. The van der Waals surface area contributed by atoms with E-state index in [0.29, 0.717) is 37.5 Å². The van der Waals surface area contributed by atoms with Gasteiger partial charge in [-0.1, -0.05) is 43.2 Å². The van der Waals surface area contributed by atoms with Crippen molar-refractivity contribution < 1.29 is 14.3 Å². The highest BCUT2D eigenvalue weighted by Crippen LogP contribution is 2.21. The zero-order chi connectivity index (χ0) is 20.5. The topological polar surface area (TPSA) is 70.7 Å². The Bertz CT molecular complexity index is 813. The fourth-order valence-electron chi connectivity index (χ4n) is 3.46. The van der Waals surface area contributed by atoms with E-state index in [-0.39, 0.29) is 11.9 Å². The number of nitrogens with one attached hydrogen (secondary N) is 2. The molecule has 3 rings (SSSR count). The molecule has 0 fully saturated rings. The van der Waals surface area contributed by atoms with E-state index in [9.17, 15) is 9.59 Å². The number of hydrogen-bond donors (Lipinski definition) is 2. The molecule has 0 atom stereocenters. The number of amides is 3. The van der Waals surface area contributed by atoms with Crippen molar-refractivity contribution in [2.24, 2.45) is 0 Å². The molecule has 0 unspecified atom stereocenters. The van der Waals surface area contributed by atoms with Crippen LogP contribution in [0.3, 0.4) is 0 Å². The lowest BCUT2D eigenvalue weighted by Gasteiger charge is -2.16. The third-order valence-corrected chi connectivity index (χ3v) is 5.13. The summed E-state index contributed by atoms with van der Waals surface area (Å²) in [6.07, 6.45) is 3.90. The maximum atomic E-state index is 12.3. The zero-order valence-corrected chi connectivity index (χ0v) is 16.9. The molecule has 3 amide bonds. The van der Waals surface area contributed by atoms with Gasteiger partial charge in [0.2, 0.25) is 0 Å². The maximum Gasteiger partial charge on any atom is 0.318 e. The third-order valence-electron chi connectivity index (χ3n) is 5.13. The molecule has 6 heteroatoms. The van der Waals surface area contributed by atoms with Gasteiger partial charge >= 0.3 is 6.03 Å². The van der Waals surface area contributed by atoms with Crippen LogP contribution in [0.4, 0.5) is 4.79 Å². The smallest absolute Gasteiger partial charge is 0.318 e. The minimum Gasteiger partial charge on any atom is -0.497 e. The number of carbonyl (C=O) groups is 2. The summed E-state index contributed by atoms with van der Waals surface area (Å²) in [5.41, 5.74) is 3.08. The van der Waals surface area contributed by atoms with Crippen LogP contribution in [-0.2, 0) is 13.1 Å². The van der Waals surface area contributed by atoms with Crippen LogP contribution < -0.4 is 15.4 Å². The number of methoxy groups -OCH3 is 1. The number of urea groups is 1. The standard InChI is InChI=1S/C23H29N3O3/c1-29-21-12-8-11-18(15-21)22(27)24-13-6-2-3-7-14-25-23(28)26-16-19-9-4-5-10-20(19)17-26/h4-5,8-12,15H,2-3,6-7,13-14,16-17H2,1H3,(H,24,27)(H,25,28). The lowest BCUT2D eigenvalue weighted by atomic mass is 10.1.